The van der Waals surface area contributed by atoms with Crippen molar-refractivity contribution < 1.29 is 39.6 Å². The zero-order valence-electron chi connectivity index (χ0n) is 14.5. The number of carbonyl (C=O) groups excluding carboxylic acids is 1. The van der Waals surface area contributed by atoms with E-state index in [2.05, 4.69) is 10.3 Å². The summed E-state index contributed by atoms with van der Waals surface area (Å²) in [6, 6.07) is 2.55. The van der Waals surface area contributed by atoms with E-state index in [1.807, 2.05) is 0 Å². The van der Waals surface area contributed by atoms with E-state index in [0.29, 0.717) is 9.87 Å². The summed E-state index contributed by atoms with van der Waals surface area (Å²) in [6.45, 7) is -0.597. The van der Waals surface area contributed by atoms with Crippen molar-refractivity contribution in [2.24, 2.45) is 0 Å². The number of hydrogen-bond donors (Lipinski definition) is 2. The average molecular weight is 440 g/mol. The third-order valence-corrected chi connectivity index (χ3v) is 5.30. The molecule has 1 amide bonds. The van der Waals surface area contributed by atoms with E-state index in [4.69, 9.17) is 4.42 Å². The maximum Gasteiger partial charge on any atom is 0.416 e. The first kappa shape index (κ1) is 21.0. The molecule has 0 bridgehead atoms. The molecule has 1 aliphatic heterocycles. The number of aromatic nitrogens is 1. The average Bonchev–Trinajstić information content (AvgIpc) is 3.02. The van der Waals surface area contributed by atoms with Gasteiger partial charge in [-0.05, 0) is 24.6 Å². The first-order valence-electron chi connectivity index (χ1n) is 7.87. The highest BCUT2D eigenvalue weighted by Crippen LogP contribution is 2.33. The van der Waals surface area contributed by atoms with Gasteiger partial charge >= 0.3 is 16.4 Å². The largest absolute Gasteiger partial charge is 0.431 e. The van der Waals surface area contributed by atoms with Crippen LogP contribution in [0.3, 0.4) is 0 Å². The molecule has 1 aliphatic rings. The van der Waals surface area contributed by atoms with Gasteiger partial charge in [0, 0.05) is 5.69 Å². The highest BCUT2D eigenvalue weighted by atomic mass is 32.2. The number of nitrogens with zero attached hydrogens (tertiary/aromatic N) is 2. The Labute approximate surface area is 160 Å². The molecule has 8 nitrogen and oxygen atoms in total. The molecule has 29 heavy (non-hydrogen) atoms. The summed E-state index contributed by atoms with van der Waals surface area (Å²) < 4.78 is 94.6. The van der Waals surface area contributed by atoms with Crippen LogP contribution in [-0.4, -0.2) is 42.6 Å². The first-order chi connectivity index (χ1) is 13.3. The number of anilines is 2. The molecule has 0 spiro atoms. The fourth-order valence-corrected chi connectivity index (χ4v) is 3.54. The molecular weight excluding hydrogens is 427 g/mol. The van der Waals surface area contributed by atoms with Crippen molar-refractivity contribution in [2.45, 2.75) is 19.0 Å². The van der Waals surface area contributed by atoms with Crippen LogP contribution in [-0.2, 0) is 16.4 Å². The molecule has 0 unspecified atom stereocenters. The van der Waals surface area contributed by atoms with Crippen LogP contribution in [0.25, 0.3) is 0 Å². The van der Waals surface area contributed by atoms with Crippen molar-refractivity contribution in [3.63, 3.8) is 0 Å². The van der Waals surface area contributed by atoms with Crippen molar-refractivity contribution in [3.05, 3.63) is 41.3 Å². The van der Waals surface area contributed by atoms with Gasteiger partial charge in [0.25, 0.3) is 17.8 Å². The van der Waals surface area contributed by atoms with Crippen molar-refractivity contribution in [1.29, 1.82) is 0 Å². The minimum absolute atomic E-state index is 0.00376. The standard InChI is InChI=1S/C15H13F5N4O4S/c1-8-2-3-9(15(18,19)20)4-10(8)21-13-22-11(5-28-13)12(25)23-29(26,27)24-6-14(16,17)7-24/h2-5H,6-7H2,1H3,(H,21,22)(H,23,25). The molecule has 158 valence electrons. The van der Waals surface area contributed by atoms with Gasteiger partial charge in [-0.1, -0.05) is 6.07 Å². The number of nitrogens with one attached hydrogen (secondary N) is 2. The van der Waals surface area contributed by atoms with Crippen molar-refractivity contribution >= 4 is 27.8 Å². The predicted octanol–water partition coefficient (Wildman–Crippen LogP) is 2.67. The molecule has 1 fully saturated rings. The zero-order valence-corrected chi connectivity index (χ0v) is 15.4. The second-order valence-electron chi connectivity index (χ2n) is 6.25. The summed E-state index contributed by atoms with van der Waals surface area (Å²) in [5.41, 5.74) is -1.02. The topological polar surface area (TPSA) is 105 Å². The Kier molecular flexibility index (Phi) is 5.03. The van der Waals surface area contributed by atoms with Gasteiger partial charge in [0.05, 0.1) is 18.7 Å². The lowest BCUT2D eigenvalue weighted by Crippen LogP contribution is -2.61. The Balaban J connectivity index is 1.71. The summed E-state index contributed by atoms with van der Waals surface area (Å²) in [6.07, 6.45) is -3.81. The van der Waals surface area contributed by atoms with Crippen LogP contribution >= 0.6 is 0 Å². The molecule has 1 aromatic heterocycles. The van der Waals surface area contributed by atoms with Crippen LogP contribution in [0.1, 0.15) is 21.6 Å². The van der Waals surface area contributed by atoms with Gasteiger partial charge < -0.3 is 9.73 Å². The van der Waals surface area contributed by atoms with Gasteiger partial charge in [-0.15, -0.1) is 0 Å². The Bertz CT molecular complexity index is 1040. The van der Waals surface area contributed by atoms with E-state index in [-0.39, 0.29) is 11.7 Å². The third kappa shape index (κ3) is 4.64. The van der Waals surface area contributed by atoms with Crippen LogP contribution in [0, 0.1) is 6.92 Å². The molecule has 2 N–H and O–H groups in total. The summed E-state index contributed by atoms with van der Waals surface area (Å²) >= 11 is 0. The molecule has 0 atom stereocenters. The van der Waals surface area contributed by atoms with Gasteiger partial charge in [-0.25, -0.2) is 13.5 Å². The highest BCUT2D eigenvalue weighted by molar-refractivity contribution is 7.87. The van der Waals surface area contributed by atoms with Crippen molar-refractivity contribution in [2.75, 3.05) is 18.4 Å². The Morgan fingerprint density at radius 3 is 2.52 bits per heavy atom. The number of halogens is 5. The second kappa shape index (κ2) is 6.95. The molecule has 2 aromatic rings. The van der Waals surface area contributed by atoms with Crippen LogP contribution in [0.5, 0.6) is 0 Å². The minimum Gasteiger partial charge on any atom is -0.431 e. The van der Waals surface area contributed by atoms with E-state index >= 15 is 0 Å². The van der Waals surface area contributed by atoms with E-state index in [1.54, 1.807) is 4.72 Å². The van der Waals surface area contributed by atoms with Crippen LogP contribution in [0.2, 0.25) is 0 Å². The first-order valence-corrected chi connectivity index (χ1v) is 9.31. The number of oxazole rings is 1. The molecule has 0 aliphatic carbocycles. The molecule has 2 heterocycles. The van der Waals surface area contributed by atoms with E-state index < -0.39 is 52.6 Å². The molecule has 0 saturated carbocycles. The number of aryl methyl sites for hydroxylation is 1. The lowest BCUT2D eigenvalue weighted by atomic mass is 10.1. The Hall–Kier alpha value is -2.74. The molecular formula is C15H13F5N4O4S. The minimum atomic E-state index is -4.58. The van der Waals surface area contributed by atoms with Crippen LogP contribution in [0.4, 0.5) is 33.7 Å². The molecule has 0 radical (unpaired) electrons. The van der Waals surface area contributed by atoms with Gasteiger partial charge in [-0.3, -0.25) is 4.79 Å². The number of benzene rings is 1. The van der Waals surface area contributed by atoms with Crippen molar-refractivity contribution in [3.8, 4) is 0 Å². The van der Waals surface area contributed by atoms with Crippen molar-refractivity contribution in [1.82, 2.24) is 14.0 Å². The van der Waals surface area contributed by atoms with Gasteiger partial charge in [-0.2, -0.15) is 30.9 Å². The van der Waals surface area contributed by atoms with E-state index in [1.165, 1.54) is 13.0 Å². The summed E-state index contributed by atoms with van der Waals surface area (Å²) in [7, 11) is -4.49. The monoisotopic (exact) mass is 440 g/mol. The predicted molar refractivity (Wildman–Crippen MR) is 88.9 cm³/mol. The Morgan fingerprint density at radius 1 is 1.28 bits per heavy atom. The highest BCUT2D eigenvalue weighted by Gasteiger charge is 2.50. The van der Waals surface area contributed by atoms with Crippen LogP contribution < -0.4 is 10.0 Å². The third-order valence-electron chi connectivity index (χ3n) is 3.92. The SMILES string of the molecule is Cc1ccc(C(F)(F)F)cc1Nc1nc(C(=O)NS(=O)(=O)N2CC(F)(F)C2)co1. The van der Waals surface area contributed by atoms with Gasteiger partial charge in [0.1, 0.15) is 6.26 Å². The molecule has 14 heteroatoms. The number of carbonyl (C=O) groups is 1. The maximum atomic E-state index is 12.8. The number of rotatable bonds is 5. The van der Waals surface area contributed by atoms with E-state index in [9.17, 15) is 35.2 Å². The molecule has 3 rings (SSSR count). The fourth-order valence-electron chi connectivity index (χ4n) is 2.36. The summed E-state index contributed by atoms with van der Waals surface area (Å²) in [5.74, 6) is -4.41. The molecule has 1 aromatic carbocycles. The number of amides is 1. The molecule has 1 saturated heterocycles. The van der Waals surface area contributed by atoms with Crippen LogP contribution in [0.15, 0.2) is 28.9 Å². The quantitative estimate of drug-likeness (QED) is 0.693. The van der Waals surface area contributed by atoms with Gasteiger partial charge in [0.15, 0.2) is 5.69 Å². The van der Waals surface area contributed by atoms with E-state index in [0.717, 1.165) is 18.4 Å². The number of hydrogen-bond acceptors (Lipinski definition) is 6. The smallest absolute Gasteiger partial charge is 0.416 e. The fraction of sp³-hybridized carbons (Fsp3) is 0.333. The lowest BCUT2D eigenvalue weighted by Gasteiger charge is -2.36. The number of alkyl halides is 5. The van der Waals surface area contributed by atoms with Gasteiger partial charge in [0.2, 0.25) is 0 Å². The summed E-state index contributed by atoms with van der Waals surface area (Å²) in [5, 5.41) is 2.46. The normalized spacial score (nSPS) is 16.9. The Morgan fingerprint density at radius 2 is 1.93 bits per heavy atom. The second-order valence-corrected chi connectivity index (χ2v) is 7.92. The zero-order chi connectivity index (χ0) is 21.6. The lowest BCUT2D eigenvalue weighted by molar-refractivity contribution is -0.137. The maximum absolute atomic E-state index is 12.8. The summed E-state index contributed by atoms with van der Waals surface area (Å²) in [4.78, 5) is 15.6.